The molecule has 4 heteroatoms. The first-order chi connectivity index (χ1) is 6.25. The van der Waals surface area contributed by atoms with E-state index in [0.29, 0.717) is 6.54 Å². The minimum atomic E-state index is -0.240. The third-order valence-electron chi connectivity index (χ3n) is 2.30. The molecule has 0 aromatic rings. The lowest BCUT2D eigenvalue weighted by atomic mass is 10.1. The summed E-state index contributed by atoms with van der Waals surface area (Å²) in [6.45, 7) is 7.03. The Morgan fingerprint density at radius 1 is 1.77 bits per heavy atom. The zero-order chi connectivity index (χ0) is 9.68. The quantitative estimate of drug-likeness (QED) is 0.568. The molecule has 1 amide bonds. The number of amides is 1. The molecule has 0 bridgehead atoms. The first kappa shape index (κ1) is 10.2. The van der Waals surface area contributed by atoms with Gasteiger partial charge in [-0.05, 0) is 6.42 Å². The summed E-state index contributed by atoms with van der Waals surface area (Å²) < 4.78 is 0. The van der Waals surface area contributed by atoms with E-state index in [4.69, 9.17) is 5.73 Å². The highest BCUT2D eigenvalue weighted by Crippen LogP contribution is 2.03. The largest absolute Gasteiger partial charge is 0.368 e. The Balaban J connectivity index is 2.46. The Labute approximate surface area is 78.8 Å². The van der Waals surface area contributed by atoms with Gasteiger partial charge < -0.3 is 11.1 Å². The first-order valence-electron chi connectivity index (χ1n) is 4.60. The van der Waals surface area contributed by atoms with Crippen molar-refractivity contribution < 1.29 is 4.79 Å². The van der Waals surface area contributed by atoms with Crippen molar-refractivity contribution in [2.24, 2.45) is 5.73 Å². The molecule has 0 aromatic carbocycles. The van der Waals surface area contributed by atoms with Gasteiger partial charge in [0.15, 0.2) is 0 Å². The summed E-state index contributed by atoms with van der Waals surface area (Å²) in [6, 6.07) is -0.145. The van der Waals surface area contributed by atoms with E-state index in [0.717, 1.165) is 26.1 Å². The molecule has 1 unspecified atom stereocenters. The van der Waals surface area contributed by atoms with Gasteiger partial charge in [0, 0.05) is 26.2 Å². The molecule has 1 saturated heterocycles. The number of nitrogens with zero attached hydrogens (tertiary/aromatic N) is 1. The van der Waals surface area contributed by atoms with E-state index >= 15 is 0 Å². The van der Waals surface area contributed by atoms with Crippen molar-refractivity contribution in [2.45, 2.75) is 12.5 Å². The number of hydrogen-bond donors (Lipinski definition) is 2. The van der Waals surface area contributed by atoms with Crippen LogP contribution in [0.15, 0.2) is 12.7 Å². The van der Waals surface area contributed by atoms with Crippen LogP contribution in [0.3, 0.4) is 0 Å². The number of carbonyl (C=O) groups is 1. The summed E-state index contributed by atoms with van der Waals surface area (Å²) in [5, 5.41) is 3.15. The number of piperazine rings is 1. The Bertz CT molecular complexity index is 193. The number of rotatable bonds is 4. The molecule has 74 valence electrons. The van der Waals surface area contributed by atoms with Gasteiger partial charge in [-0.1, -0.05) is 6.08 Å². The number of nitrogens with two attached hydrogens (primary N) is 1. The number of nitrogens with one attached hydrogen (secondary N) is 1. The molecule has 1 heterocycles. The van der Waals surface area contributed by atoms with Gasteiger partial charge in [0.05, 0.1) is 0 Å². The van der Waals surface area contributed by atoms with Gasteiger partial charge in [0.25, 0.3) is 0 Å². The zero-order valence-electron chi connectivity index (χ0n) is 7.83. The van der Waals surface area contributed by atoms with Crippen LogP contribution in [0.25, 0.3) is 0 Å². The normalized spacial score (nSPS) is 24.2. The van der Waals surface area contributed by atoms with E-state index in [1.165, 1.54) is 0 Å². The Morgan fingerprint density at radius 2 is 2.54 bits per heavy atom. The summed E-state index contributed by atoms with van der Waals surface area (Å²) in [5.41, 5.74) is 5.28. The van der Waals surface area contributed by atoms with Gasteiger partial charge in [0.2, 0.25) is 5.91 Å². The standard InChI is InChI=1S/C9H17N3O/c1-2-3-5-12-6-4-11-7-8(12)9(10)13/h2,8,11H,1,3-7H2,(H2,10,13). The highest BCUT2D eigenvalue weighted by atomic mass is 16.1. The van der Waals surface area contributed by atoms with Crippen LogP contribution < -0.4 is 11.1 Å². The Morgan fingerprint density at radius 3 is 3.15 bits per heavy atom. The molecule has 1 aliphatic heterocycles. The average molecular weight is 183 g/mol. The third-order valence-corrected chi connectivity index (χ3v) is 2.30. The molecular formula is C9H17N3O. The fourth-order valence-electron chi connectivity index (χ4n) is 1.55. The van der Waals surface area contributed by atoms with Crippen LogP contribution >= 0.6 is 0 Å². The summed E-state index contributed by atoms with van der Waals surface area (Å²) in [4.78, 5) is 13.2. The molecule has 0 saturated carbocycles. The second-order valence-corrected chi connectivity index (χ2v) is 3.24. The van der Waals surface area contributed by atoms with Crippen molar-refractivity contribution in [3.05, 3.63) is 12.7 Å². The summed E-state index contributed by atoms with van der Waals surface area (Å²) in [6.07, 6.45) is 2.77. The monoisotopic (exact) mass is 183 g/mol. The highest BCUT2D eigenvalue weighted by molar-refractivity contribution is 5.80. The van der Waals surface area contributed by atoms with Gasteiger partial charge in [-0.3, -0.25) is 9.69 Å². The molecule has 1 rings (SSSR count). The van der Waals surface area contributed by atoms with Crippen molar-refractivity contribution in [3.63, 3.8) is 0 Å². The molecule has 4 nitrogen and oxygen atoms in total. The van der Waals surface area contributed by atoms with Gasteiger partial charge in [-0.15, -0.1) is 6.58 Å². The van der Waals surface area contributed by atoms with Crippen LogP contribution in [-0.4, -0.2) is 43.0 Å². The molecule has 13 heavy (non-hydrogen) atoms. The third kappa shape index (κ3) is 2.82. The predicted octanol–water partition coefficient (Wildman–Crippen LogP) is -0.678. The van der Waals surface area contributed by atoms with Gasteiger partial charge in [-0.25, -0.2) is 0 Å². The van der Waals surface area contributed by atoms with E-state index in [-0.39, 0.29) is 11.9 Å². The SMILES string of the molecule is C=CCCN1CCNCC1C(N)=O. The van der Waals surface area contributed by atoms with Gasteiger partial charge in [0.1, 0.15) is 6.04 Å². The lowest BCUT2D eigenvalue weighted by Crippen LogP contribution is -2.56. The smallest absolute Gasteiger partial charge is 0.236 e. The van der Waals surface area contributed by atoms with Crippen LogP contribution in [0.5, 0.6) is 0 Å². The molecule has 0 radical (unpaired) electrons. The Hall–Kier alpha value is -0.870. The van der Waals surface area contributed by atoms with E-state index in [1.807, 2.05) is 6.08 Å². The van der Waals surface area contributed by atoms with Crippen molar-refractivity contribution in [1.82, 2.24) is 10.2 Å². The maximum absolute atomic E-state index is 11.0. The molecular weight excluding hydrogens is 166 g/mol. The van der Waals surface area contributed by atoms with Crippen LogP contribution in [0.1, 0.15) is 6.42 Å². The van der Waals surface area contributed by atoms with Crippen molar-refractivity contribution in [3.8, 4) is 0 Å². The average Bonchev–Trinajstić information content (AvgIpc) is 2.15. The molecule has 0 aliphatic carbocycles. The lowest BCUT2D eigenvalue weighted by Gasteiger charge is -2.33. The van der Waals surface area contributed by atoms with E-state index in [1.54, 1.807) is 0 Å². The van der Waals surface area contributed by atoms with E-state index in [9.17, 15) is 4.79 Å². The van der Waals surface area contributed by atoms with E-state index in [2.05, 4.69) is 16.8 Å². The Kier molecular flexibility index (Phi) is 3.92. The van der Waals surface area contributed by atoms with Gasteiger partial charge >= 0.3 is 0 Å². The molecule has 1 aliphatic rings. The summed E-state index contributed by atoms with van der Waals surface area (Å²) >= 11 is 0. The maximum Gasteiger partial charge on any atom is 0.236 e. The molecule has 1 fully saturated rings. The molecule has 0 aromatic heterocycles. The highest BCUT2D eigenvalue weighted by Gasteiger charge is 2.25. The van der Waals surface area contributed by atoms with Crippen molar-refractivity contribution in [1.29, 1.82) is 0 Å². The minimum absolute atomic E-state index is 0.145. The molecule has 0 spiro atoms. The van der Waals surface area contributed by atoms with Crippen molar-refractivity contribution >= 4 is 5.91 Å². The fourth-order valence-corrected chi connectivity index (χ4v) is 1.55. The van der Waals surface area contributed by atoms with Crippen LogP contribution in [-0.2, 0) is 4.79 Å². The van der Waals surface area contributed by atoms with Crippen molar-refractivity contribution in [2.75, 3.05) is 26.2 Å². The minimum Gasteiger partial charge on any atom is -0.368 e. The second kappa shape index (κ2) is 4.99. The fraction of sp³-hybridized carbons (Fsp3) is 0.667. The molecule has 1 atom stereocenters. The molecule has 3 N–H and O–H groups in total. The topological polar surface area (TPSA) is 58.4 Å². The summed E-state index contributed by atoms with van der Waals surface area (Å²) in [7, 11) is 0. The first-order valence-corrected chi connectivity index (χ1v) is 4.60. The number of carbonyl (C=O) groups excluding carboxylic acids is 1. The number of primary amides is 1. The van der Waals surface area contributed by atoms with E-state index < -0.39 is 0 Å². The van der Waals surface area contributed by atoms with Crippen LogP contribution in [0.4, 0.5) is 0 Å². The number of hydrogen-bond acceptors (Lipinski definition) is 3. The maximum atomic E-state index is 11.0. The lowest BCUT2D eigenvalue weighted by molar-refractivity contribution is -0.123. The predicted molar refractivity (Wildman–Crippen MR) is 52.2 cm³/mol. The van der Waals surface area contributed by atoms with Crippen LogP contribution in [0, 0.1) is 0 Å². The summed E-state index contributed by atoms with van der Waals surface area (Å²) in [5.74, 6) is -0.240. The zero-order valence-corrected chi connectivity index (χ0v) is 7.83. The van der Waals surface area contributed by atoms with Crippen LogP contribution in [0.2, 0.25) is 0 Å². The second-order valence-electron chi connectivity index (χ2n) is 3.24. The van der Waals surface area contributed by atoms with Gasteiger partial charge in [-0.2, -0.15) is 0 Å².